The SMILES string of the molecule is CC(C)(C)OC(=O)N1CCN(c2ccc(C(=O)Nc3sc(-c4ccncc4)nc3C(N)=O)cn2)CC1. The zero-order valence-electron chi connectivity index (χ0n) is 20.2. The fraction of sp³-hybridized carbons (Fsp3) is 0.333. The van der Waals surface area contributed by atoms with Gasteiger partial charge in [0.1, 0.15) is 21.4 Å². The normalized spacial score (nSPS) is 13.9. The Kier molecular flexibility index (Phi) is 7.15. The lowest BCUT2D eigenvalue weighted by atomic mass is 10.2. The number of nitrogens with zero attached hydrogens (tertiary/aromatic N) is 5. The van der Waals surface area contributed by atoms with Gasteiger partial charge >= 0.3 is 6.09 Å². The Bertz CT molecular complexity index is 1250. The molecular weight excluding hydrogens is 482 g/mol. The molecule has 1 saturated heterocycles. The summed E-state index contributed by atoms with van der Waals surface area (Å²) in [4.78, 5) is 53.4. The van der Waals surface area contributed by atoms with E-state index in [4.69, 9.17) is 10.5 Å². The van der Waals surface area contributed by atoms with Crippen molar-refractivity contribution >= 4 is 40.1 Å². The number of piperazine rings is 1. The number of hydrogen-bond acceptors (Lipinski definition) is 9. The quantitative estimate of drug-likeness (QED) is 0.534. The van der Waals surface area contributed by atoms with Gasteiger partial charge in [-0.15, -0.1) is 0 Å². The molecule has 4 rings (SSSR count). The van der Waals surface area contributed by atoms with Crippen molar-refractivity contribution < 1.29 is 19.1 Å². The largest absolute Gasteiger partial charge is 0.444 e. The van der Waals surface area contributed by atoms with Gasteiger partial charge in [0.2, 0.25) is 0 Å². The molecule has 36 heavy (non-hydrogen) atoms. The molecule has 0 bridgehead atoms. The summed E-state index contributed by atoms with van der Waals surface area (Å²) in [7, 11) is 0. The third kappa shape index (κ3) is 5.95. The average molecular weight is 510 g/mol. The lowest BCUT2D eigenvalue weighted by Gasteiger charge is -2.36. The minimum Gasteiger partial charge on any atom is -0.444 e. The molecule has 11 nitrogen and oxygen atoms in total. The van der Waals surface area contributed by atoms with Crippen LogP contribution in [0.2, 0.25) is 0 Å². The standard InChI is InChI=1S/C24H27N7O4S/c1-24(2,3)35-23(34)31-12-10-30(11-13-31)17-5-4-16(14-27-17)20(33)29-22-18(19(25)32)28-21(36-22)15-6-8-26-9-7-15/h4-9,14H,10-13H2,1-3H3,(H2,25,32)(H,29,33). The van der Waals surface area contributed by atoms with Crippen LogP contribution < -0.4 is 16.0 Å². The number of pyridine rings is 2. The smallest absolute Gasteiger partial charge is 0.410 e. The number of amides is 3. The molecule has 4 heterocycles. The molecule has 0 radical (unpaired) electrons. The van der Waals surface area contributed by atoms with Crippen molar-refractivity contribution in [1.82, 2.24) is 19.9 Å². The van der Waals surface area contributed by atoms with E-state index in [-0.39, 0.29) is 16.8 Å². The predicted molar refractivity (Wildman–Crippen MR) is 136 cm³/mol. The van der Waals surface area contributed by atoms with E-state index in [1.165, 1.54) is 6.20 Å². The van der Waals surface area contributed by atoms with Crippen molar-refractivity contribution in [3.05, 3.63) is 54.1 Å². The summed E-state index contributed by atoms with van der Waals surface area (Å²) in [5.74, 6) is -0.469. The number of thiazole rings is 1. The van der Waals surface area contributed by atoms with Gasteiger partial charge in [0.25, 0.3) is 11.8 Å². The molecule has 0 atom stereocenters. The fourth-order valence-electron chi connectivity index (χ4n) is 3.52. The molecule has 1 aliphatic heterocycles. The topological polar surface area (TPSA) is 144 Å². The summed E-state index contributed by atoms with van der Waals surface area (Å²) in [6.45, 7) is 7.74. The molecule has 3 aromatic heterocycles. The summed E-state index contributed by atoms with van der Waals surface area (Å²) in [6, 6.07) is 6.92. The lowest BCUT2D eigenvalue weighted by molar-refractivity contribution is 0.0240. The maximum Gasteiger partial charge on any atom is 0.410 e. The van der Waals surface area contributed by atoms with Gasteiger partial charge in [-0.1, -0.05) is 11.3 Å². The van der Waals surface area contributed by atoms with E-state index in [1.54, 1.807) is 41.6 Å². The Balaban J connectivity index is 1.40. The van der Waals surface area contributed by atoms with Crippen molar-refractivity contribution in [3.8, 4) is 10.6 Å². The van der Waals surface area contributed by atoms with Gasteiger partial charge in [-0.2, -0.15) is 0 Å². The highest BCUT2D eigenvalue weighted by atomic mass is 32.1. The zero-order valence-corrected chi connectivity index (χ0v) is 21.0. The van der Waals surface area contributed by atoms with Gasteiger partial charge in [0.05, 0.1) is 5.56 Å². The van der Waals surface area contributed by atoms with Crippen molar-refractivity contribution in [3.63, 3.8) is 0 Å². The van der Waals surface area contributed by atoms with Gasteiger partial charge in [-0.25, -0.2) is 14.8 Å². The molecule has 188 valence electrons. The van der Waals surface area contributed by atoms with Crippen molar-refractivity contribution in [1.29, 1.82) is 0 Å². The summed E-state index contributed by atoms with van der Waals surface area (Å²) < 4.78 is 5.43. The second-order valence-corrected chi connectivity index (χ2v) is 10.1. The van der Waals surface area contributed by atoms with Crippen LogP contribution in [-0.4, -0.2) is 69.5 Å². The summed E-state index contributed by atoms with van der Waals surface area (Å²) in [5, 5.41) is 3.53. The number of anilines is 2. The second-order valence-electron chi connectivity index (χ2n) is 9.11. The third-order valence-electron chi connectivity index (χ3n) is 5.28. The van der Waals surface area contributed by atoms with E-state index in [0.717, 1.165) is 16.9 Å². The van der Waals surface area contributed by atoms with Crippen LogP contribution in [0.4, 0.5) is 15.6 Å². The molecule has 0 aliphatic carbocycles. The number of nitrogens with one attached hydrogen (secondary N) is 1. The van der Waals surface area contributed by atoms with Crippen molar-refractivity contribution in [2.24, 2.45) is 5.73 Å². The number of ether oxygens (including phenoxy) is 1. The molecular formula is C24H27N7O4S. The summed E-state index contributed by atoms with van der Waals surface area (Å²) in [5.41, 5.74) is 6.01. The number of carbonyl (C=O) groups is 3. The maximum atomic E-state index is 12.8. The number of hydrogen-bond donors (Lipinski definition) is 2. The van der Waals surface area contributed by atoms with E-state index in [0.29, 0.717) is 42.6 Å². The minimum atomic E-state index is -0.735. The zero-order chi connectivity index (χ0) is 25.9. The fourth-order valence-corrected chi connectivity index (χ4v) is 4.49. The number of rotatable bonds is 5. The lowest BCUT2D eigenvalue weighted by Crippen LogP contribution is -2.50. The van der Waals surface area contributed by atoms with Crippen LogP contribution in [0.1, 0.15) is 41.6 Å². The first kappa shape index (κ1) is 25.0. The second kappa shape index (κ2) is 10.3. The molecule has 0 aromatic carbocycles. The molecule has 1 fully saturated rings. The Morgan fingerprint density at radius 2 is 1.75 bits per heavy atom. The highest BCUT2D eigenvalue weighted by molar-refractivity contribution is 7.19. The predicted octanol–water partition coefficient (Wildman–Crippen LogP) is 3.01. The number of nitrogens with two attached hydrogens (primary N) is 1. The van der Waals surface area contributed by atoms with E-state index >= 15 is 0 Å². The van der Waals surface area contributed by atoms with Crippen LogP contribution in [0, 0.1) is 0 Å². The van der Waals surface area contributed by atoms with E-state index in [2.05, 4.69) is 20.3 Å². The minimum absolute atomic E-state index is 0.00685. The summed E-state index contributed by atoms with van der Waals surface area (Å²) >= 11 is 1.15. The molecule has 3 aromatic rings. The molecule has 0 unspecified atom stereocenters. The van der Waals surface area contributed by atoms with Crippen LogP contribution in [0.5, 0.6) is 0 Å². The Morgan fingerprint density at radius 1 is 1.06 bits per heavy atom. The van der Waals surface area contributed by atoms with Crippen molar-refractivity contribution in [2.75, 3.05) is 36.4 Å². The van der Waals surface area contributed by atoms with Gasteiger partial charge in [0.15, 0.2) is 5.69 Å². The number of carbonyl (C=O) groups excluding carboxylic acids is 3. The molecule has 1 aliphatic rings. The molecule has 12 heteroatoms. The van der Waals surface area contributed by atoms with Gasteiger partial charge in [-0.3, -0.25) is 14.6 Å². The Morgan fingerprint density at radius 3 is 2.33 bits per heavy atom. The van der Waals surface area contributed by atoms with Gasteiger partial charge in [0, 0.05) is 50.3 Å². The first-order valence-electron chi connectivity index (χ1n) is 11.3. The first-order valence-corrected chi connectivity index (χ1v) is 12.1. The van der Waals surface area contributed by atoms with E-state index < -0.39 is 17.4 Å². The van der Waals surface area contributed by atoms with Crippen LogP contribution >= 0.6 is 11.3 Å². The van der Waals surface area contributed by atoms with Crippen LogP contribution in [0.3, 0.4) is 0 Å². The van der Waals surface area contributed by atoms with Crippen LogP contribution in [-0.2, 0) is 4.74 Å². The van der Waals surface area contributed by atoms with Gasteiger partial charge in [-0.05, 0) is 45.0 Å². The highest BCUT2D eigenvalue weighted by Crippen LogP contribution is 2.32. The van der Waals surface area contributed by atoms with E-state index in [1.807, 2.05) is 25.7 Å². The average Bonchev–Trinajstić information content (AvgIpc) is 3.28. The van der Waals surface area contributed by atoms with E-state index in [9.17, 15) is 14.4 Å². The number of aromatic nitrogens is 3. The van der Waals surface area contributed by atoms with Gasteiger partial charge < -0.3 is 25.6 Å². The van der Waals surface area contributed by atoms with Crippen LogP contribution in [0.15, 0.2) is 42.9 Å². The number of primary amides is 1. The Labute approximate surface area is 212 Å². The Hall–Kier alpha value is -4.06. The summed E-state index contributed by atoms with van der Waals surface area (Å²) in [6.07, 6.45) is 4.37. The molecule has 0 saturated carbocycles. The highest BCUT2D eigenvalue weighted by Gasteiger charge is 2.26. The third-order valence-corrected chi connectivity index (χ3v) is 6.30. The molecule has 0 spiro atoms. The monoisotopic (exact) mass is 509 g/mol. The molecule has 3 N–H and O–H groups in total. The van der Waals surface area contributed by atoms with Crippen molar-refractivity contribution in [2.45, 2.75) is 26.4 Å². The molecule has 3 amide bonds. The first-order chi connectivity index (χ1) is 17.1. The van der Waals surface area contributed by atoms with Crippen LogP contribution in [0.25, 0.3) is 10.6 Å². The maximum absolute atomic E-state index is 12.8.